The lowest BCUT2D eigenvalue weighted by atomic mass is 10.1. The summed E-state index contributed by atoms with van der Waals surface area (Å²) in [6.07, 6.45) is 5.05. The third kappa shape index (κ3) is 2.95. The van der Waals surface area contributed by atoms with Gasteiger partial charge in [0, 0.05) is 18.8 Å². The van der Waals surface area contributed by atoms with E-state index in [-0.39, 0.29) is 11.7 Å². The monoisotopic (exact) mass is 250 g/mol. The fourth-order valence-corrected chi connectivity index (χ4v) is 2.33. The van der Waals surface area contributed by atoms with E-state index in [9.17, 15) is 10.1 Å². The van der Waals surface area contributed by atoms with E-state index in [1.54, 1.807) is 12.3 Å². The highest BCUT2D eigenvalue weighted by Crippen LogP contribution is 2.24. The molecule has 6 nitrogen and oxygen atoms in total. The average Bonchev–Trinajstić information content (AvgIpc) is 2.39. The van der Waals surface area contributed by atoms with Gasteiger partial charge < -0.3 is 10.2 Å². The van der Waals surface area contributed by atoms with Gasteiger partial charge in [-0.3, -0.25) is 15.1 Å². The minimum atomic E-state index is -0.393. The summed E-state index contributed by atoms with van der Waals surface area (Å²) in [4.78, 5) is 16.7. The summed E-state index contributed by atoms with van der Waals surface area (Å²) in [7, 11) is 0. The molecule has 98 valence electrons. The van der Waals surface area contributed by atoms with Crippen molar-refractivity contribution in [2.75, 3.05) is 25.0 Å². The van der Waals surface area contributed by atoms with Gasteiger partial charge in [-0.05, 0) is 32.0 Å². The molecule has 0 spiro atoms. The Kier molecular flexibility index (Phi) is 4.09. The highest BCUT2D eigenvalue weighted by molar-refractivity contribution is 5.60. The molecule has 18 heavy (non-hydrogen) atoms. The van der Waals surface area contributed by atoms with Gasteiger partial charge in [-0.15, -0.1) is 0 Å². The third-order valence-electron chi connectivity index (χ3n) is 3.31. The number of nitrogens with zero attached hydrogens (tertiary/aromatic N) is 3. The fourth-order valence-electron chi connectivity index (χ4n) is 2.33. The standard InChI is InChI=1S/C12H18N4O2/c1-2-15-7-3-4-10(9-15)14-11-5-6-13-8-12(11)16(17)18/h5-6,8,10H,2-4,7,9H2,1H3,(H,13,14). The normalized spacial score (nSPS) is 20.6. The molecular formula is C12H18N4O2. The Labute approximate surface area is 106 Å². The maximum atomic E-state index is 10.9. The molecule has 0 aromatic carbocycles. The number of hydrogen-bond acceptors (Lipinski definition) is 5. The Morgan fingerprint density at radius 3 is 3.22 bits per heavy atom. The van der Waals surface area contributed by atoms with E-state index in [0.717, 1.165) is 32.5 Å². The quantitative estimate of drug-likeness (QED) is 0.652. The Morgan fingerprint density at radius 2 is 2.50 bits per heavy atom. The number of nitro groups is 1. The van der Waals surface area contributed by atoms with Gasteiger partial charge in [0.2, 0.25) is 0 Å². The molecule has 0 radical (unpaired) electrons. The maximum Gasteiger partial charge on any atom is 0.310 e. The topological polar surface area (TPSA) is 71.3 Å². The SMILES string of the molecule is CCN1CCCC(Nc2ccncc2[N+](=O)[O-])C1. The summed E-state index contributed by atoms with van der Waals surface area (Å²) in [5, 5.41) is 14.2. The van der Waals surface area contributed by atoms with E-state index >= 15 is 0 Å². The summed E-state index contributed by atoms with van der Waals surface area (Å²) >= 11 is 0. The molecule has 1 aromatic heterocycles. The highest BCUT2D eigenvalue weighted by Gasteiger charge is 2.21. The molecule has 1 N–H and O–H groups in total. The van der Waals surface area contributed by atoms with Crippen LogP contribution >= 0.6 is 0 Å². The van der Waals surface area contributed by atoms with E-state index in [1.807, 2.05) is 0 Å². The molecular weight excluding hydrogens is 232 g/mol. The van der Waals surface area contributed by atoms with Crippen LogP contribution in [0, 0.1) is 10.1 Å². The first-order chi connectivity index (χ1) is 8.70. The van der Waals surface area contributed by atoms with Crippen molar-refractivity contribution in [1.82, 2.24) is 9.88 Å². The second-order valence-corrected chi connectivity index (χ2v) is 4.53. The van der Waals surface area contributed by atoms with Crippen molar-refractivity contribution in [1.29, 1.82) is 0 Å². The molecule has 1 unspecified atom stereocenters. The molecule has 0 saturated carbocycles. The number of anilines is 1. The molecule has 1 aromatic rings. The molecule has 0 bridgehead atoms. The van der Waals surface area contributed by atoms with Crippen LogP contribution in [0.5, 0.6) is 0 Å². The number of likely N-dealkylation sites (tertiary alicyclic amines) is 1. The van der Waals surface area contributed by atoms with Crippen molar-refractivity contribution in [2.24, 2.45) is 0 Å². The van der Waals surface area contributed by atoms with E-state index in [4.69, 9.17) is 0 Å². The zero-order valence-corrected chi connectivity index (χ0v) is 10.5. The summed E-state index contributed by atoms with van der Waals surface area (Å²) in [6.45, 7) is 5.22. The molecule has 2 rings (SSSR count). The van der Waals surface area contributed by atoms with Crippen molar-refractivity contribution >= 4 is 11.4 Å². The molecule has 0 amide bonds. The summed E-state index contributed by atoms with van der Waals surface area (Å²) in [5.74, 6) is 0. The lowest BCUT2D eigenvalue weighted by molar-refractivity contribution is -0.384. The zero-order chi connectivity index (χ0) is 13.0. The molecule has 1 atom stereocenters. The van der Waals surface area contributed by atoms with Gasteiger partial charge >= 0.3 is 5.69 Å². The second kappa shape index (κ2) is 5.77. The van der Waals surface area contributed by atoms with Crippen LogP contribution in [0.1, 0.15) is 19.8 Å². The van der Waals surface area contributed by atoms with Crippen molar-refractivity contribution < 1.29 is 4.92 Å². The van der Waals surface area contributed by atoms with Crippen LogP contribution < -0.4 is 5.32 Å². The van der Waals surface area contributed by atoms with Gasteiger partial charge in [0.05, 0.1) is 4.92 Å². The van der Waals surface area contributed by atoms with Gasteiger partial charge in [-0.25, -0.2) is 0 Å². The van der Waals surface area contributed by atoms with Crippen LogP contribution in [0.3, 0.4) is 0 Å². The Bertz CT molecular complexity index is 424. The second-order valence-electron chi connectivity index (χ2n) is 4.53. The van der Waals surface area contributed by atoms with E-state index in [1.165, 1.54) is 6.20 Å². The first-order valence-electron chi connectivity index (χ1n) is 6.28. The largest absolute Gasteiger partial charge is 0.375 e. The van der Waals surface area contributed by atoms with E-state index in [2.05, 4.69) is 22.1 Å². The van der Waals surface area contributed by atoms with Gasteiger partial charge in [0.25, 0.3) is 0 Å². The predicted molar refractivity (Wildman–Crippen MR) is 69.7 cm³/mol. The van der Waals surface area contributed by atoms with Crippen LogP contribution in [0.15, 0.2) is 18.5 Å². The van der Waals surface area contributed by atoms with E-state index in [0.29, 0.717) is 5.69 Å². The number of nitrogens with one attached hydrogen (secondary N) is 1. The first kappa shape index (κ1) is 12.8. The summed E-state index contributed by atoms with van der Waals surface area (Å²) in [6, 6.07) is 1.95. The minimum absolute atomic E-state index is 0.0473. The van der Waals surface area contributed by atoms with Crippen LogP contribution in [0.2, 0.25) is 0 Å². The number of pyridine rings is 1. The maximum absolute atomic E-state index is 10.9. The molecule has 1 saturated heterocycles. The smallest absolute Gasteiger partial charge is 0.310 e. The van der Waals surface area contributed by atoms with Crippen LogP contribution in [-0.2, 0) is 0 Å². The Balaban J connectivity index is 2.07. The molecule has 2 heterocycles. The average molecular weight is 250 g/mol. The van der Waals surface area contributed by atoms with Crippen molar-refractivity contribution in [3.05, 3.63) is 28.6 Å². The lowest BCUT2D eigenvalue weighted by Crippen LogP contribution is -2.41. The van der Waals surface area contributed by atoms with Gasteiger partial charge in [0.15, 0.2) is 0 Å². The number of piperidine rings is 1. The summed E-state index contributed by atoms with van der Waals surface area (Å²) in [5.41, 5.74) is 0.615. The van der Waals surface area contributed by atoms with Crippen LogP contribution in [0.4, 0.5) is 11.4 Å². The lowest BCUT2D eigenvalue weighted by Gasteiger charge is -2.32. The number of rotatable bonds is 4. The first-order valence-corrected chi connectivity index (χ1v) is 6.28. The van der Waals surface area contributed by atoms with Crippen molar-refractivity contribution in [2.45, 2.75) is 25.8 Å². The predicted octanol–water partition coefficient (Wildman–Crippen LogP) is 1.89. The van der Waals surface area contributed by atoms with Crippen LogP contribution in [0.25, 0.3) is 0 Å². The fraction of sp³-hybridized carbons (Fsp3) is 0.583. The molecule has 1 aliphatic rings. The van der Waals surface area contributed by atoms with Gasteiger partial charge in [-0.1, -0.05) is 6.92 Å². The van der Waals surface area contributed by atoms with Gasteiger partial charge in [0.1, 0.15) is 11.9 Å². The van der Waals surface area contributed by atoms with E-state index < -0.39 is 4.92 Å². The molecule has 1 aliphatic heterocycles. The zero-order valence-electron chi connectivity index (χ0n) is 10.5. The Hall–Kier alpha value is -1.69. The number of aromatic nitrogens is 1. The minimum Gasteiger partial charge on any atom is -0.375 e. The number of hydrogen-bond donors (Lipinski definition) is 1. The van der Waals surface area contributed by atoms with Crippen molar-refractivity contribution in [3.8, 4) is 0 Å². The number of likely N-dealkylation sites (N-methyl/N-ethyl adjacent to an activating group) is 1. The molecule has 1 fully saturated rings. The molecule has 6 heteroatoms. The molecule has 0 aliphatic carbocycles. The van der Waals surface area contributed by atoms with Crippen molar-refractivity contribution in [3.63, 3.8) is 0 Å². The van der Waals surface area contributed by atoms with Crippen LogP contribution in [-0.4, -0.2) is 40.5 Å². The van der Waals surface area contributed by atoms with Gasteiger partial charge in [-0.2, -0.15) is 0 Å². The third-order valence-corrected chi connectivity index (χ3v) is 3.31. The highest BCUT2D eigenvalue weighted by atomic mass is 16.6. The summed E-state index contributed by atoms with van der Waals surface area (Å²) < 4.78 is 0. The Morgan fingerprint density at radius 1 is 1.67 bits per heavy atom.